The maximum absolute atomic E-state index is 12.6. The molecule has 2 aromatic rings. The molecule has 0 aliphatic carbocycles. The van der Waals surface area contributed by atoms with Gasteiger partial charge in [0.2, 0.25) is 0 Å². The Bertz CT molecular complexity index is 837. The van der Waals surface area contributed by atoms with E-state index in [-0.39, 0.29) is 11.9 Å². The first-order valence-electron chi connectivity index (χ1n) is 11.4. The lowest BCUT2D eigenvalue weighted by molar-refractivity contribution is 0.0944. The number of aromatic nitrogens is 1. The van der Waals surface area contributed by atoms with E-state index in [0.717, 1.165) is 64.6 Å². The maximum atomic E-state index is 12.6. The van der Waals surface area contributed by atoms with Crippen LogP contribution in [0.2, 0.25) is 0 Å². The van der Waals surface area contributed by atoms with Gasteiger partial charge < -0.3 is 25.3 Å². The summed E-state index contributed by atoms with van der Waals surface area (Å²) in [6, 6.07) is 16.5. The van der Waals surface area contributed by atoms with Crippen LogP contribution in [0.15, 0.2) is 48.5 Å². The number of hydrogen-bond acceptors (Lipinski definition) is 6. The molecule has 0 spiro atoms. The summed E-state index contributed by atoms with van der Waals surface area (Å²) in [5.74, 6) is 0.780. The van der Waals surface area contributed by atoms with Gasteiger partial charge in [0.15, 0.2) is 0 Å². The van der Waals surface area contributed by atoms with E-state index in [2.05, 4.69) is 61.6 Å². The van der Waals surface area contributed by atoms with Crippen LogP contribution < -0.4 is 15.5 Å². The molecule has 0 radical (unpaired) electrons. The third kappa shape index (κ3) is 6.03. The van der Waals surface area contributed by atoms with Gasteiger partial charge in [-0.1, -0.05) is 36.4 Å². The fourth-order valence-corrected chi connectivity index (χ4v) is 4.26. The van der Waals surface area contributed by atoms with Crippen molar-refractivity contribution in [1.29, 1.82) is 0 Å². The van der Waals surface area contributed by atoms with Gasteiger partial charge in [-0.25, -0.2) is 4.98 Å². The predicted molar refractivity (Wildman–Crippen MR) is 125 cm³/mol. The summed E-state index contributed by atoms with van der Waals surface area (Å²) in [5.41, 5.74) is 1.77. The molecule has 0 bridgehead atoms. The molecule has 2 saturated heterocycles. The number of benzene rings is 1. The van der Waals surface area contributed by atoms with E-state index in [0.29, 0.717) is 12.2 Å². The van der Waals surface area contributed by atoms with Gasteiger partial charge in [0.05, 0.1) is 0 Å². The fourth-order valence-electron chi connectivity index (χ4n) is 4.26. The molecule has 7 heteroatoms. The van der Waals surface area contributed by atoms with E-state index < -0.39 is 0 Å². The smallest absolute Gasteiger partial charge is 0.269 e. The lowest BCUT2D eigenvalue weighted by Crippen LogP contribution is -2.46. The monoisotopic (exact) mass is 422 g/mol. The van der Waals surface area contributed by atoms with Crippen LogP contribution in [0.3, 0.4) is 0 Å². The predicted octanol–water partition coefficient (Wildman–Crippen LogP) is 1.60. The highest BCUT2D eigenvalue weighted by Gasteiger charge is 2.22. The van der Waals surface area contributed by atoms with Crippen LogP contribution in [0.1, 0.15) is 28.5 Å². The van der Waals surface area contributed by atoms with Crippen LogP contribution in [0.25, 0.3) is 0 Å². The summed E-state index contributed by atoms with van der Waals surface area (Å²) in [5, 5.41) is 6.62. The van der Waals surface area contributed by atoms with Gasteiger partial charge in [0.1, 0.15) is 11.5 Å². The molecular weight excluding hydrogens is 388 g/mol. The number of pyridine rings is 1. The first-order valence-corrected chi connectivity index (χ1v) is 11.4. The molecule has 31 heavy (non-hydrogen) atoms. The molecule has 1 unspecified atom stereocenters. The lowest BCUT2D eigenvalue weighted by atomic mass is 10.0. The molecule has 1 amide bonds. The normalized spacial score (nSPS) is 20.5. The summed E-state index contributed by atoms with van der Waals surface area (Å²) in [6.45, 7) is 8.80. The summed E-state index contributed by atoms with van der Waals surface area (Å²) in [4.78, 5) is 24.4. The number of carbonyl (C=O) groups excluding carboxylic acids is 1. The SMILES string of the molecule is CN1CCN(CCCNC(=O)c2cccc(N3CCNC(c4ccccc4)C3)n2)CC1. The maximum Gasteiger partial charge on any atom is 0.269 e. The number of anilines is 1. The van der Waals surface area contributed by atoms with Gasteiger partial charge in [-0.15, -0.1) is 0 Å². The van der Waals surface area contributed by atoms with Crippen molar-refractivity contribution in [2.75, 3.05) is 70.9 Å². The van der Waals surface area contributed by atoms with Crippen molar-refractivity contribution in [1.82, 2.24) is 25.4 Å². The average Bonchev–Trinajstić information content (AvgIpc) is 2.83. The highest BCUT2D eigenvalue weighted by Crippen LogP contribution is 2.21. The summed E-state index contributed by atoms with van der Waals surface area (Å²) in [7, 11) is 2.17. The zero-order chi connectivity index (χ0) is 21.5. The Kier molecular flexibility index (Phi) is 7.51. The number of nitrogens with one attached hydrogen (secondary N) is 2. The first kappa shape index (κ1) is 21.7. The zero-order valence-electron chi connectivity index (χ0n) is 18.5. The minimum Gasteiger partial charge on any atom is -0.353 e. The number of carbonyl (C=O) groups is 1. The Hall–Kier alpha value is -2.48. The van der Waals surface area contributed by atoms with Crippen LogP contribution in [0, 0.1) is 0 Å². The molecule has 2 N–H and O–H groups in total. The molecule has 2 aliphatic rings. The number of piperazine rings is 2. The number of rotatable bonds is 7. The van der Waals surface area contributed by atoms with Gasteiger partial charge in [-0.05, 0) is 37.7 Å². The van der Waals surface area contributed by atoms with E-state index in [4.69, 9.17) is 0 Å². The molecule has 2 aliphatic heterocycles. The Morgan fingerprint density at radius 3 is 2.68 bits per heavy atom. The number of likely N-dealkylation sites (N-methyl/N-ethyl adjacent to an activating group) is 1. The largest absolute Gasteiger partial charge is 0.353 e. The van der Waals surface area contributed by atoms with Crippen molar-refractivity contribution in [2.45, 2.75) is 12.5 Å². The third-order valence-electron chi connectivity index (χ3n) is 6.20. The summed E-state index contributed by atoms with van der Waals surface area (Å²) in [6.07, 6.45) is 0.964. The molecular formula is C24H34N6O. The van der Waals surface area contributed by atoms with Crippen LogP contribution in [-0.2, 0) is 0 Å². The van der Waals surface area contributed by atoms with E-state index in [9.17, 15) is 4.79 Å². The Morgan fingerprint density at radius 1 is 1.06 bits per heavy atom. The number of nitrogens with zero attached hydrogens (tertiary/aromatic N) is 4. The highest BCUT2D eigenvalue weighted by atomic mass is 16.1. The minimum atomic E-state index is -0.0880. The third-order valence-corrected chi connectivity index (χ3v) is 6.20. The second-order valence-corrected chi connectivity index (χ2v) is 8.50. The number of amides is 1. The minimum absolute atomic E-state index is 0.0880. The van der Waals surface area contributed by atoms with Crippen LogP contribution in [0.4, 0.5) is 5.82 Å². The van der Waals surface area contributed by atoms with Gasteiger partial charge in [-0.3, -0.25) is 4.79 Å². The van der Waals surface area contributed by atoms with Crippen molar-refractivity contribution in [3.63, 3.8) is 0 Å². The molecule has 1 aromatic carbocycles. The topological polar surface area (TPSA) is 63.7 Å². The highest BCUT2D eigenvalue weighted by molar-refractivity contribution is 5.92. The molecule has 2 fully saturated rings. The second-order valence-electron chi connectivity index (χ2n) is 8.50. The Labute approximate surface area is 185 Å². The van der Waals surface area contributed by atoms with Gasteiger partial charge in [-0.2, -0.15) is 0 Å². The fraction of sp³-hybridized carbons (Fsp3) is 0.500. The second kappa shape index (κ2) is 10.7. The molecule has 4 rings (SSSR count). The Balaban J connectivity index is 1.28. The van der Waals surface area contributed by atoms with Crippen LogP contribution in [0.5, 0.6) is 0 Å². The van der Waals surface area contributed by atoms with E-state index in [1.807, 2.05) is 18.2 Å². The molecule has 3 heterocycles. The zero-order valence-corrected chi connectivity index (χ0v) is 18.5. The van der Waals surface area contributed by atoms with Crippen molar-refractivity contribution in [3.05, 3.63) is 59.8 Å². The molecule has 7 nitrogen and oxygen atoms in total. The standard InChI is InChI=1S/C24H34N6O/c1-28-15-17-29(18-16-28)13-6-11-26-24(31)21-9-5-10-23(27-21)30-14-12-25-22(19-30)20-7-3-2-4-8-20/h2-5,7-10,22,25H,6,11-19H2,1H3,(H,26,31). The number of hydrogen-bond donors (Lipinski definition) is 2. The van der Waals surface area contributed by atoms with Crippen LogP contribution >= 0.6 is 0 Å². The lowest BCUT2D eigenvalue weighted by Gasteiger charge is -2.35. The van der Waals surface area contributed by atoms with E-state index >= 15 is 0 Å². The quantitative estimate of drug-likeness (QED) is 0.661. The average molecular weight is 423 g/mol. The van der Waals surface area contributed by atoms with E-state index in [1.54, 1.807) is 6.07 Å². The van der Waals surface area contributed by atoms with Crippen molar-refractivity contribution in [2.24, 2.45) is 0 Å². The van der Waals surface area contributed by atoms with Crippen molar-refractivity contribution < 1.29 is 4.79 Å². The van der Waals surface area contributed by atoms with E-state index in [1.165, 1.54) is 5.56 Å². The Morgan fingerprint density at radius 2 is 1.87 bits per heavy atom. The van der Waals surface area contributed by atoms with Gasteiger partial charge in [0.25, 0.3) is 5.91 Å². The molecule has 1 aromatic heterocycles. The van der Waals surface area contributed by atoms with Crippen LogP contribution in [-0.4, -0.2) is 86.6 Å². The molecule has 0 saturated carbocycles. The molecule has 166 valence electrons. The van der Waals surface area contributed by atoms with Crippen molar-refractivity contribution >= 4 is 11.7 Å². The van der Waals surface area contributed by atoms with Gasteiger partial charge >= 0.3 is 0 Å². The summed E-state index contributed by atoms with van der Waals surface area (Å²) >= 11 is 0. The molecule has 1 atom stereocenters. The van der Waals surface area contributed by atoms with Gasteiger partial charge in [0, 0.05) is 58.4 Å². The summed E-state index contributed by atoms with van der Waals surface area (Å²) < 4.78 is 0. The van der Waals surface area contributed by atoms with Crippen molar-refractivity contribution in [3.8, 4) is 0 Å². The first-order chi connectivity index (χ1) is 15.2.